The lowest BCUT2D eigenvalue weighted by Crippen LogP contribution is -2.23. The van der Waals surface area contributed by atoms with E-state index in [-0.39, 0.29) is 5.91 Å². The van der Waals surface area contributed by atoms with Gasteiger partial charge in [-0.25, -0.2) is 0 Å². The van der Waals surface area contributed by atoms with Gasteiger partial charge in [0.1, 0.15) is 11.3 Å². The van der Waals surface area contributed by atoms with Gasteiger partial charge in [0, 0.05) is 52.9 Å². The summed E-state index contributed by atoms with van der Waals surface area (Å²) in [5.41, 5.74) is 5.42. The van der Waals surface area contributed by atoms with Gasteiger partial charge in [0.15, 0.2) is 0 Å². The number of halogens is 1. The second-order valence-corrected chi connectivity index (χ2v) is 8.00. The molecular weight excluding hydrogens is 446 g/mol. The Hall–Kier alpha value is -2.57. The fourth-order valence-electron chi connectivity index (χ4n) is 3.50. The molecule has 30 heavy (non-hydrogen) atoms. The highest BCUT2D eigenvalue weighted by molar-refractivity contribution is 9.10. The summed E-state index contributed by atoms with van der Waals surface area (Å²) in [5.74, 6) is 0.571. The predicted octanol–water partition coefficient (Wildman–Crippen LogP) is 5.74. The van der Waals surface area contributed by atoms with Crippen molar-refractivity contribution in [2.75, 3.05) is 27.4 Å². The van der Waals surface area contributed by atoms with Crippen LogP contribution in [0.1, 0.15) is 24.5 Å². The summed E-state index contributed by atoms with van der Waals surface area (Å²) in [6.07, 6.45) is 4.15. The maximum Gasteiger partial charge on any atom is 0.244 e. The van der Waals surface area contributed by atoms with Crippen molar-refractivity contribution >= 4 is 38.4 Å². The van der Waals surface area contributed by atoms with Crippen LogP contribution in [0.3, 0.4) is 0 Å². The van der Waals surface area contributed by atoms with Gasteiger partial charge in [0.2, 0.25) is 5.91 Å². The van der Waals surface area contributed by atoms with Crippen molar-refractivity contribution in [3.63, 3.8) is 0 Å². The Kier molecular flexibility index (Phi) is 7.34. The van der Waals surface area contributed by atoms with E-state index in [1.165, 1.54) is 0 Å². The molecule has 0 fully saturated rings. The summed E-state index contributed by atoms with van der Waals surface area (Å²) >= 11 is 3.53. The normalized spacial score (nSPS) is 11.7. The number of fused-ring (bicyclic) bond motifs is 1. The Balaban J connectivity index is 2.02. The van der Waals surface area contributed by atoms with Crippen LogP contribution in [0.25, 0.3) is 27.7 Å². The number of carbonyl (C=O) groups is 1. The zero-order chi connectivity index (χ0) is 21.7. The van der Waals surface area contributed by atoms with E-state index in [0.29, 0.717) is 18.9 Å². The van der Waals surface area contributed by atoms with Crippen molar-refractivity contribution in [1.29, 1.82) is 0 Å². The van der Waals surface area contributed by atoms with Gasteiger partial charge in [0.25, 0.3) is 0 Å². The van der Waals surface area contributed by atoms with Crippen molar-refractivity contribution in [3.8, 4) is 16.9 Å². The molecule has 0 unspecified atom stereocenters. The molecule has 0 saturated carbocycles. The molecular formula is C24H26BrNO4. The first-order valence-corrected chi connectivity index (χ1v) is 10.6. The Morgan fingerprint density at radius 1 is 1.27 bits per heavy atom. The molecule has 1 aromatic heterocycles. The molecule has 158 valence electrons. The van der Waals surface area contributed by atoms with E-state index < -0.39 is 0 Å². The topological polar surface area (TPSA) is 60.7 Å². The molecule has 1 heterocycles. The SMILES string of the molecule is COCCCNC(=O)/C=C(\C)c1cc2c(-c3cccc(Br)c3)coc2c(C)c1OC. The van der Waals surface area contributed by atoms with Gasteiger partial charge in [-0.15, -0.1) is 0 Å². The average Bonchev–Trinajstić information content (AvgIpc) is 3.15. The van der Waals surface area contributed by atoms with Crippen LogP contribution < -0.4 is 10.1 Å². The monoisotopic (exact) mass is 471 g/mol. The molecule has 0 atom stereocenters. The minimum Gasteiger partial charge on any atom is -0.496 e. The highest BCUT2D eigenvalue weighted by atomic mass is 79.9. The molecule has 6 heteroatoms. The lowest BCUT2D eigenvalue weighted by atomic mass is 9.96. The average molecular weight is 472 g/mol. The molecule has 0 radical (unpaired) electrons. The summed E-state index contributed by atoms with van der Waals surface area (Å²) < 4.78 is 17.6. The Labute approximate surface area is 185 Å². The van der Waals surface area contributed by atoms with Crippen LogP contribution in [-0.2, 0) is 9.53 Å². The van der Waals surface area contributed by atoms with E-state index in [4.69, 9.17) is 13.9 Å². The Morgan fingerprint density at radius 3 is 2.77 bits per heavy atom. The van der Waals surface area contributed by atoms with Crippen LogP contribution in [0.5, 0.6) is 5.75 Å². The van der Waals surface area contributed by atoms with Gasteiger partial charge in [0.05, 0.1) is 13.4 Å². The molecule has 3 rings (SSSR count). The molecule has 0 spiro atoms. The number of amides is 1. The number of benzene rings is 2. The van der Waals surface area contributed by atoms with Crippen molar-refractivity contribution in [3.05, 3.63) is 58.3 Å². The minimum atomic E-state index is -0.136. The summed E-state index contributed by atoms with van der Waals surface area (Å²) in [7, 11) is 3.28. The molecule has 3 aromatic rings. The van der Waals surface area contributed by atoms with Gasteiger partial charge in [-0.3, -0.25) is 4.79 Å². The third kappa shape index (κ3) is 4.77. The van der Waals surface area contributed by atoms with E-state index in [9.17, 15) is 4.79 Å². The zero-order valence-electron chi connectivity index (χ0n) is 17.7. The van der Waals surface area contributed by atoms with Crippen LogP contribution in [0.4, 0.5) is 0 Å². The van der Waals surface area contributed by atoms with E-state index >= 15 is 0 Å². The third-order valence-electron chi connectivity index (χ3n) is 4.98. The highest BCUT2D eigenvalue weighted by Crippen LogP contribution is 2.40. The fourth-order valence-corrected chi connectivity index (χ4v) is 3.90. The Morgan fingerprint density at radius 2 is 2.07 bits per heavy atom. The standard InChI is InChI=1S/C24H26BrNO4/c1-15(11-22(27)26-9-6-10-28-3)19-13-20-21(17-7-5-8-18(25)12-17)14-30-24(20)16(2)23(19)29-4/h5,7-8,11-14H,6,9-10H2,1-4H3,(H,26,27)/b15-11+. The van der Waals surface area contributed by atoms with Crippen LogP contribution in [-0.4, -0.2) is 33.3 Å². The predicted molar refractivity (Wildman–Crippen MR) is 124 cm³/mol. The lowest BCUT2D eigenvalue weighted by Gasteiger charge is -2.13. The quantitative estimate of drug-likeness (QED) is 0.336. The Bertz CT molecular complexity index is 1080. The lowest BCUT2D eigenvalue weighted by molar-refractivity contribution is -0.116. The second-order valence-electron chi connectivity index (χ2n) is 7.08. The zero-order valence-corrected chi connectivity index (χ0v) is 19.3. The molecule has 2 aromatic carbocycles. The smallest absolute Gasteiger partial charge is 0.244 e. The summed E-state index contributed by atoms with van der Waals surface area (Å²) in [5, 5.41) is 3.87. The molecule has 0 aliphatic carbocycles. The van der Waals surface area contributed by atoms with Crippen LogP contribution in [0.15, 0.2) is 51.6 Å². The molecule has 0 aliphatic rings. The second kappa shape index (κ2) is 9.96. The molecule has 1 N–H and O–H groups in total. The first-order valence-electron chi connectivity index (χ1n) is 9.76. The van der Waals surface area contributed by atoms with Gasteiger partial charge in [-0.05, 0) is 49.6 Å². The number of carbonyl (C=O) groups excluding carboxylic acids is 1. The largest absolute Gasteiger partial charge is 0.496 e. The molecule has 5 nitrogen and oxygen atoms in total. The van der Waals surface area contributed by atoms with E-state index in [1.807, 2.05) is 38.1 Å². The number of methoxy groups -OCH3 is 2. The summed E-state index contributed by atoms with van der Waals surface area (Å²) in [4.78, 5) is 12.3. The van der Waals surface area contributed by atoms with Crippen molar-refractivity contribution in [2.24, 2.45) is 0 Å². The number of rotatable bonds is 8. The molecule has 0 bridgehead atoms. The summed E-state index contributed by atoms with van der Waals surface area (Å²) in [6, 6.07) is 10.1. The number of hydrogen-bond donors (Lipinski definition) is 1. The number of allylic oxidation sites excluding steroid dienone is 1. The van der Waals surface area contributed by atoms with E-state index in [2.05, 4.69) is 27.3 Å². The molecule has 0 aliphatic heterocycles. The maximum atomic E-state index is 12.3. The first kappa shape index (κ1) is 22.1. The summed E-state index contributed by atoms with van der Waals surface area (Å²) in [6.45, 7) is 5.07. The van der Waals surface area contributed by atoms with Gasteiger partial charge in [-0.2, -0.15) is 0 Å². The van der Waals surface area contributed by atoms with Gasteiger partial charge >= 0.3 is 0 Å². The van der Waals surface area contributed by atoms with Crippen LogP contribution >= 0.6 is 15.9 Å². The number of hydrogen-bond acceptors (Lipinski definition) is 4. The number of furan rings is 1. The van der Waals surface area contributed by atoms with Crippen LogP contribution in [0.2, 0.25) is 0 Å². The van der Waals surface area contributed by atoms with E-state index in [0.717, 1.165) is 49.7 Å². The minimum absolute atomic E-state index is 0.136. The van der Waals surface area contributed by atoms with Crippen molar-refractivity contribution in [1.82, 2.24) is 5.32 Å². The fraction of sp³-hybridized carbons (Fsp3) is 0.292. The van der Waals surface area contributed by atoms with Crippen molar-refractivity contribution < 1.29 is 18.7 Å². The van der Waals surface area contributed by atoms with E-state index in [1.54, 1.807) is 26.6 Å². The first-order chi connectivity index (χ1) is 14.5. The van der Waals surface area contributed by atoms with Crippen molar-refractivity contribution in [2.45, 2.75) is 20.3 Å². The maximum absolute atomic E-state index is 12.3. The number of ether oxygens (including phenoxy) is 2. The van der Waals surface area contributed by atoms with Gasteiger partial charge in [-0.1, -0.05) is 28.1 Å². The third-order valence-corrected chi connectivity index (χ3v) is 5.47. The molecule has 1 amide bonds. The van der Waals surface area contributed by atoms with Crippen LogP contribution in [0, 0.1) is 6.92 Å². The van der Waals surface area contributed by atoms with Gasteiger partial charge < -0.3 is 19.2 Å². The number of aryl methyl sites for hydroxylation is 1. The molecule has 0 saturated heterocycles. The number of nitrogens with one attached hydrogen (secondary N) is 1. The highest BCUT2D eigenvalue weighted by Gasteiger charge is 2.18.